The molecule has 24 heavy (non-hydrogen) atoms. The van der Waals surface area contributed by atoms with Crippen molar-refractivity contribution in [2.24, 2.45) is 0 Å². The van der Waals surface area contributed by atoms with E-state index >= 15 is 0 Å². The molecule has 1 aromatic heterocycles. The number of hydrogen-bond donors (Lipinski definition) is 2. The average molecular weight is 341 g/mol. The monoisotopic (exact) mass is 341 g/mol. The first-order valence-corrected chi connectivity index (χ1v) is 8.87. The Hall–Kier alpha value is -2.47. The lowest BCUT2D eigenvalue weighted by atomic mass is 10.2. The molecule has 0 aliphatic heterocycles. The van der Waals surface area contributed by atoms with Crippen molar-refractivity contribution in [3.05, 3.63) is 48.4 Å². The summed E-state index contributed by atoms with van der Waals surface area (Å²) in [6.45, 7) is 3.64. The van der Waals surface area contributed by atoms with Gasteiger partial charge in [0.05, 0.1) is 5.69 Å². The molecule has 0 saturated carbocycles. The summed E-state index contributed by atoms with van der Waals surface area (Å²) in [5.74, 6) is 0.537. The molecule has 124 valence electrons. The molecule has 3 rings (SSSR count). The van der Waals surface area contributed by atoms with Gasteiger partial charge in [0.25, 0.3) is 0 Å². The molecule has 6 heteroatoms. The van der Waals surface area contributed by atoms with Crippen LogP contribution in [0.15, 0.2) is 51.8 Å². The number of benzene rings is 2. The highest BCUT2D eigenvalue weighted by Gasteiger charge is 2.15. The van der Waals surface area contributed by atoms with Crippen LogP contribution in [-0.4, -0.2) is 23.2 Å². The summed E-state index contributed by atoms with van der Waals surface area (Å²) in [5, 5.41) is 6.17. The van der Waals surface area contributed by atoms with Crippen LogP contribution in [0.3, 0.4) is 0 Å². The third-order valence-corrected chi connectivity index (χ3v) is 4.43. The van der Waals surface area contributed by atoms with Gasteiger partial charge < -0.3 is 15.1 Å². The van der Waals surface area contributed by atoms with Gasteiger partial charge in [0.15, 0.2) is 11.5 Å². The molecular weight excluding hydrogens is 322 g/mol. The smallest absolute Gasteiger partial charge is 0.246 e. The third-order valence-electron chi connectivity index (χ3n) is 3.64. The van der Waals surface area contributed by atoms with Gasteiger partial charge in [-0.05, 0) is 43.5 Å². The standard InChI is InChI=1S/C18H19N3O2S/c1-11(18(22)21-14-6-4-5-7-17(14)24-3)19-13-8-9-16-15(10-13)20-12(2)23-16/h4-11,19H,1-3H3,(H,21,22)/t11-/m0/s1. The predicted molar refractivity (Wildman–Crippen MR) is 98.7 cm³/mol. The van der Waals surface area contributed by atoms with E-state index in [2.05, 4.69) is 15.6 Å². The van der Waals surface area contributed by atoms with E-state index in [1.165, 1.54) is 0 Å². The maximum absolute atomic E-state index is 12.4. The van der Waals surface area contributed by atoms with E-state index in [1.54, 1.807) is 11.8 Å². The Balaban J connectivity index is 1.70. The maximum atomic E-state index is 12.4. The van der Waals surface area contributed by atoms with Crippen molar-refractivity contribution >= 4 is 40.1 Å². The fourth-order valence-electron chi connectivity index (χ4n) is 2.44. The lowest BCUT2D eigenvalue weighted by molar-refractivity contribution is -0.116. The van der Waals surface area contributed by atoms with Crippen LogP contribution in [-0.2, 0) is 4.79 Å². The molecule has 0 unspecified atom stereocenters. The SMILES string of the molecule is CSc1ccccc1NC(=O)[C@H](C)Nc1ccc2oc(C)nc2c1. The minimum absolute atomic E-state index is 0.0899. The van der Waals surface area contributed by atoms with Crippen molar-refractivity contribution < 1.29 is 9.21 Å². The summed E-state index contributed by atoms with van der Waals surface area (Å²) in [7, 11) is 0. The molecule has 2 N–H and O–H groups in total. The number of nitrogens with one attached hydrogen (secondary N) is 2. The van der Waals surface area contributed by atoms with E-state index in [0.29, 0.717) is 5.89 Å². The number of carbonyl (C=O) groups excluding carboxylic acids is 1. The average Bonchev–Trinajstić information content (AvgIpc) is 2.94. The van der Waals surface area contributed by atoms with Gasteiger partial charge in [0.1, 0.15) is 11.6 Å². The molecule has 2 aromatic carbocycles. The number of nitrogens with zero attached hydrogens (tertiary/aromatic N) is 1. The van der Waals surface area contributed by atoms with Gasteiger partial charge in [-0.3, -0.25) is 4.79 Å². The number of rotatable bonds is 5. The summed E-state index contributed by atoms with van der Waals surface area (Å²) >= 11 is 1.60. The highest BCUT2D eigenvalue weighted by atomic mass is 32.2. The number of carbonyl (C=O) groups is 1. The van der Waals surface area contributed by atoms with Gasteiger partial charge in [-0.1, -0.05) is 12.1 Å². The topological polar surface area (TPSA) is 67.2 Å². The van der Waals surface area contributed by atoms with E-state index in [-0.39, 0.29) is 11.9 Å². The fraction of sp³-hybridized carbons (Fsp3) is 0.222. The maximum Gasteiger partial charge on any atom is 0.246 e. The molecule has 0 bridgehead atoms. The van der Waals surface area contributed by atoms with Crippen molar-refractivity contribution in [2.75, 3.05) is 16.9 Å². The number of hydrogen-bond acceptors (Lipinski definition) is 5. The largest absolute Gasteiger partial charge is 0.441 e. The molecular formula is C18H19N3O2S. The Morgan fingerprint density at radius 1 is 1.25 bits per heavy atom. The molecule has 1 atom stereocenters. The van der Waals surface area contributed by atoms with Crippen LogP contribution in [0.25, 0.3) is 11.1 Å². The van der Waals surface area contributed by atoms with E-state index in [0.717, 1.165) is 27.4 Å². The van der Waals surface area contributed by atoms with Crippen molar-refractivity contribution in [1.82, 2.24) is 4.98 Å². The number of aromatic nitrogens is 1. The Kier molecular flexibility index (Phi) is 4.76. The number of anilines is 2. The highest BCUT2D eigenvalue weighted by molar-refractivity contribution is 7.98. The van der Waals surface area contributed by atoms with E-state index in [1.807, 2.05) is 62.6 Å². The summed E-state index contributed by atoms with van der Waals surface area (Å²) in [6.07, 6.45) is 1.99. The fourth-order valence-corrected chi connectivity index (χ4v) is 2.99. The lowest BCUT2D eigenvalue weighted by Crippen LogP contribution is -2.32. The quantitative estimate of drug-likeness (QED) is 0.677. The zero-order valence-electron chi connectivity index (χ0n) is 13.8. The minimum Gasteiger partial charge on any atom is -0.441 e. The molecule has 3 aromatic rings. The Morgan fingerprint density at radius 3 is 2.83 bits per heavy atom. The van der Waals surface area contributed by atoms with Gasteiger partial charge in [-0.25, -0.2) is 4.98 Å². The van der Waals surface area contributed by atoms with Crippen molar-refractivity contribution in [3.63, 3.8) is 0 Å². The van der Waals surface area contributed by atoms with Crippen LogP contribution in [0.5, 0.6) is 0 Å². The first kappa shape index (κ1) is 16.4. The van der Waals surface area contributed by atoms with Crippen molar-refractivity contribution in [3.8, 4) is 0 Å². The van der Waals surface area contributed by atoms with Gasteiger partial charge >= 0.3 is 0 Å². The van der Waals surface area contributed by atoms with E-state index in [9.17, 15) is 4.79 Å². The molecule has 0 radical (unpaired) electrons. The number of para-hydroxylation sites is 1. The summed E-state index contributed by atoms with van der Waals surface area (Å²) in [5.41, 5.74) is 3.17. The lowest BCUT2D eigenvalue weighted by Gasteiger charge is -2.16. The van der Waals surface area contributed by atoms with Crippen LogP contribution in [0, 0.1) is 6.92 Å². The molecule has 0 aliphatic carbocycles. The summed E-state index contributed by atoms with van der Waals surface area (Å²) in [6, 6.07) is 13.0. The first-order chi connectivity index (χ1) is 11.6. The number of oxazole rings is 1. The number of thioether (sulfide) groups is 1. The van der Waals surface area contributed by atoms with Gasteiger partial charge in [-0.15, -0.1) is 11.8 Å². The molecule has 0 fully saturated rings. The second-order valence-electron chi connectivity index (χ2n) is 5.47. The highest BCUT2D eigenvalue weighted by Crippen LogP contribution is 2.25. The number of amides is 1. The zero-order chi connectivity index (χ0) is 17.1. The van der Waals surface area contributed by atoms with E-state index in [4.69, 9.17) is 4.42 Å². The van der Waals surface area contributed by atoms with Gasteiger partial charge in [0, 0.05) is 17.5 Å². The Morgan fingerprint density at radius 2 is 2.04 bits per heavy atom. The van der Waals surface area contributed by atoms with Crippen molar-refractivity contribution in [1.29, 1.82) is 0 Å². The van der Waals surface area contributed by atoms with Gasteiger partial charge in [-0.2, -0.15) is 0 Å². The van der Waals surface area contributed by atoms with Crippen LogP contribution in [0.4, 0.5) is 11.4 Å². The van der Waals surface area contributed by atoms with Crippen molar-refractivity contribution in [2.45, 2.75) is 24.8 Å². The number of fused-ring (bicyclic) bond motifs is 1. The second kappa shape index (κ2) is 6.97. The Bertz CT molecular complexity index is 876. The molecule has 1 heterocycles. The summed E-state index contributed by atoms with van der Waals surface area (Å²) < 4.78 is 5.46. The van der Waals surface area contributed by atoms with Crippen LogP contribution in [0.2, 0.25) is 0 Å². The molecule has 0 saturated heterocycles. The Labute approximate surface area is 144 Å². The molecule has 5 nitrogen and oxygen atoms in total. The normalized spacial score (nSPS) is 12.1. The number of aryl methyl sites for hydroxylation is 1. The molecule has 0 spiro atoms. The molecule has 1 amide bonds. The predicted octanol–water partition coefficient (Wildman–Crippen LogP) is 4.30. The van der Waals surface area contributed by atoms with Crippen LogP contribution >= 0.6 is 11.8 Å². The van der Waals surface area contributed by atoms with Crippen LogP contribution in [0.1, 0.15) is 12.8 Å². The minimum atomic E-state index is -0.384. The second-order valence-corrected chi connectivity index (χ2v) is 6.32. The first-order valence-electron chi connectivity index (χ1n) is 7.64. The van der Waals surface area contributed by atoms with Crippen LogP contribution < -0.4 is 10.6 Å². The summed E-state index contributed by atoms with van der Waals surface area (Å²) in [4.78, 5) is 17.8. The third kappa shape index (κ3) is 3.54. The zero-order valence-corrected chi connectivity index (χ0v) is 14.6. The molecule has 0 aliphatic rings. The van der Waals surface area contributed by atoms with E-state index < -0.39 is 0 Å². The van der Waals surface area contributed by atoms with Gasteiger partial charge in [0.2, 0.25) is 5.91 Å².